The zero-order chi connectivity index (χ0) is 15.7. The van der Waals surface area contributed by atoms with E-state index in [1.165, 1.54) is 96.3 Å². The minimum atomic E-state index is 0.517. The Balaban J connectivity index is 1.65. The minimum Gasteiger partial charge on any atom is -0.373 e. The number of hydrogen-bond donors (Lipinski definition) is 0. The monoisotopic (exact) mass is 307 g/mol. The molecule has 1 aliphatic rings. The maximum Gasteiger partial charge on any atom is 0.0841 e. The van der Waals surface area contributed by atoms with Gasteiger partial charge in [0.2, 0.25) is 0 Å². The van der Waals surface area contributed by atoms with Crippen molar-refractivity contribution in [3.8, 4) is 0 Å². The Hall–Kier alpha value is -0.300. The second kappa shape index (κ2) is 15.6. The fourth-order valence-electron chi connectivity index (χ4n) is 2.89. The lowest BCUT2D eigenvalue weighted by Gasteiger charge is -2.00. The van der Waals surface area contributed by atoms with Crippen LogP contribution in [0, 0.1) is 6.42 Å². The Bertz CT molecular complexity index is 242. The first-order chi connectivity index (χ1) is 10.9. The van der Waals surface area contributed by atoms with Crippen LogP contribution in [0.15, 0.2) is 12.2 Å². The van der Waals surface area contributed by atoms with Crippen LogP contribution in [0.2, 0.25) is 0 Å². The van der Waals surface area contributed by atoms with Gasteiger partial charge in [-0.05, 0) is 38.5 Å². The average Bonchev–Trinajstić information content (AvgIpc) is 3.34. The zero-order valence-electron chi connectivity index (χ0n) is 15.0. The second-order valence-corrected chi connectivity index (χ2v) is 6.83. The van der Waals surface area contributed by atoms with Crippen molar-refractivity contribution in [2.45, 2.75) is 109 Å². The molecule has 1 heterocycles. The Morgan fingerprint density at radius 3 is 1.64 bits per heavy atom. The molecule has 0 aliphatic carbocycles. The SMILES string of the molecule is CCCCCCCC/C=C\CCCCCCCC[CH]C1CO1. The van der Waals surface area contributed by atoms with Gasteiger partial charge in [-0.25, -0.2) is 0 Å². The summed E-state index contributed by atoms with van der Waals surface area (Å²) in [4.78, 5) is 0. The largest absolute Gasteiger partial charge is 0.373 e. The predicted molar refractivity (Wildman–Crippen MR) is 98.1 cm³/mol. The van der Waals surface area contributed by atoms with Gasteiger partial charge in [0, 0.05) is 0 Å². The van der Waals surface area contributed by atoms with Crippen molar-refractivity contribution in [2.24, 2.45) is 0 Å². The van der Waals surface area contributed by atoms with Crippen LogP contribution >= 0.6 is 0 Å². The van der Waals surface area contributed by atoms with E-state index in [9.17, 15) is 0 Å². The molecule has 0 bridgehead atoms. The molecule has 0 aromatic heterocycles. The van der Waals surface area contributed by atoms with E-state index in [2.05, 4.69) is 25.5 Å². The Kier molecular flexibility index (Phi) is 14.0. The van der Waals surface area contributed by atoms with Gasteiger partial charge in [-0.3, -0.25) is 0 Å². The second-order valence-electron chi connectivity index (χ2n) is 6.83. The van der Waals surface area contributed by atoms with E-state index >= 15 is 0 Å². The summed E-state index contributed by atoms with van der Waals surface area (Å²) in [5.41, 5.74) is 0. The number of ether oxygens (including phenoxy) is 1. The molecular formula is C21H39O. The summed E-state index contributed by atoms with van der Waals surface area (Å²) in [6, 6.07) is 0. The van der Waals surface area contributed by atoms with Crippen LogP contribution in [-0.4, -0.2) is 12.7 Å². The van der Waals surface area contributed by atoms with Crippen LogP contribution < -0.4 is 0 Å². The molecule has 1 saturated heterocycles. The molecule has 0 N–H and O–H groups in total. The number of hydrogen-bond acceptors (Lipinski definition) is 1. The molecule has 129 valence electrons. The van der Waals surface area contributed by atoms with Crippen LogP contribution in [-0.2, 0) is 4.74 Å². The van der Waals surface area contributed by atoms with Gasteiger partial charge in [-0.15, -0.1) is 0 Å². The van der Waals surface area contributed by atoms with E-state index in [4.69, 9.17) is 4.74 Å². The maximum absolute atomic E-state index is 5.18. The minimum absolute atomic E-state index is 0.517. The lowest BCUT2D eigenvalue weighted by atomic mass is 10.1. The first-order valence-electron chi connectivity index (χ1n) is 10.0. The van der Waals surface area contributed by atoms with E-state index in [1.54, 1.807) is 0 Å². The predicted octanol–water partition coefficient (Wildman–Crippen LogP) is 7.02. The van der Waals surface area contributed by atoms with Crippen molar-refractivity contribution in [1.82, 2.24) is 0 Å². The van der Waals surface area contributed by atoms with Crippen LogP contribution in [0.1, 0.15) is 103 Å². The molecule has 1 heteroatoms. The zero-order valence-corrected chi connectivity index (χ0v) is 15.0. The Morgan fingerprint density at radius 2 is 1.14 bits per heavy atom. The van der Waals surface area contributed by atoms with Gasteiger partial charge in [0.05, 0.1) is 12.7 Å². The summed E-state index contributed by atoms with van der Waals surface area (Å²) in [6.07, 6.45) is 28.4. The lowest BCUT2D eigenvalue weighted by Crippen LogP contribution is -1.87. The van der Waals surface area contributed by atoms with Crippen molar-refractivity contribution < 1.29 is 4.74 Å². The van der Waals surface area contributed by atoms with Gasteiger partial charge in [0.15, 0.2) is 0 Å². The van der Waals surface area contributed by atoms with Crippen LogP contribution in [0.4, 0.5) is 0 Å². The molecule has 0 aromatic rings. The summed E-state index contributed by atoms with van der Waals surface area (Å²) >= 11 is 0. The number of unbranched alkanes of at least 4 members (excludes halogenated alkanes) is 13. The van der Waals surface area contributed by atoms with E-state index in [-0.39, 0.29) is 0 Å². The summed E-state index contributed by atoms with van der Waals surface area (Å²) in [7, 11) is 0. The standard InChI is InChI=1S/C21H39O/c1-2-3-4-5-6-7-8-9-10-11-12-13-14-15-16-17-18-19-21-20-22-21/h9-10,19,21H,2-8,11-18,20H2,1H3/b10-9-. The van der Waals surface area contributed by atoms with Crippen LogP contribution in [0.5, 0.6) is 0 Å². The van der Waals surface area contributed by atoms with Crippen LogP contribution in [0.25, 0.3) is 0 Å². The normalized spacial score (nSPS) is 17.4. The molecule has 1 radical (unpaired) electrons. The number of rotatable bonds is 17. The summed E-state index contributed by atoms with van der Waals surface area (Å²) < 4.78 is 5.18. The quantitative estimate of drug-likeness (QED) is 0.160. The van der Waals surface area contributed by atoms with Gasteiger partial charge >= 0.3 is 0 Å². The lowest BCUT2D eigenvalue weighted by molar-refractivity contribution is 0.423. The van der Waals surface area contributed by atoms with Crippen molar-refractivity contribution in [2.75, 3.05) is 6.61 Å². The molecule has 1 rings (SSSR count). The Morgan fingerprint density at radius 1 is 0.682 bits per heavy atom. The smallest absolute Gasteiger partial charge is 0.0841 e. The summed E-state index contributed by atoms with van der Waals surface area (Å²) in [5.74, 6) is 0. The highest BCUT2D eigenvalue weighted by Crippen LogP contribution is 2.17. The first-order valence-corrected chi connectivity index (χ1v) is 10.0. The third-order valence-electron chi connectivity index (χ3n) is 4.50. The fourth-order valence-corrected chi connectivity index (χ4v) is 2.89. The van der Waals surface area contributed by atoms with Gasteiger partial charge in [0.25, 0.3) is 0 Å². The maximum atomic E-state index is 5.18. The van der Waals surface area contributed by atoms with Gasteiger partial charge in [-0.2, -0.15) is 0 Å². The highest BCUT2D eigenvalue weighted by molar-refractivity contribution is 4.85. The topological polar surface area (TPSA) is 12.5 Å². The summed E-state index contributed by atoms with van der Waals surface area (Å²) in [6.45, 7) is 3.26. The van der Waals surface area contributed by atoms with E-state index in [0.29, 0.717) is 6.10 Å². The van der Waals surface area contributed by atoms with E-state index in [0.717, 1.165) is 6.61 Å². The third kappa shape index (κ3) is 14.6. The number of epoxide rings is 1. The molecule has 0 aromatic carbocycles. The summed E-state index contributed by atoms with van der Waals surface area (Å²) in [5, 5.41) is 0. The highest BCUT2D eigenvalue weighted by Gasteiger charge is 2.21. The van der Waals surface area contributed by atoms with E-state index < -0.39 is 0 Å². The van der Waals surface area contributed by atoms with E-state index in [1.807, 2.05) is 0 Å². The van der Waals surface area contributed by atoms with Crippen molar-refractivity contribution in [3.63, 3.8) is 0 Å². The van der Waals surface area contributed by atoms with Gasteiger partial charge in [-0.1, -0.05) is 83.3 Å². The first kappa shape index (κ1) is 19.7. The number of allylic oxidation sites excluding steroid dienone is 2. The van der Waals surface area contributed by atoms with Gasteiger partial charge in [0.1, 0.15) is 0 Å². The Labute approximate surface area is 139 Å². The molecule has 1 fully saturated rings. The molecule has 1 atom stereocenters. The molecule has 0 amide bonds. The van der Waals surface area contributed by atoms with Crippen molar-refractivity contribution in [3.05, 3.63) is 18.6 Å². The molecular weight excluding hydrogens is 268 g/mol. The molecule has 1 aliphatic heterocycles. The van der Waals surface area contributed by atoms with Crippen LogP contribution in [0.3, 0.4) is 0 Å². The molecule has 0 saturated carbocycles. The molecule has 1 nitrogen and oxygen atoms in total. The van der Waals surface area contributed by atoms with Crippen molar-refractivity contribution >= 4 is 0 Å². The third-order valence-corrected chi connectivity index (χ3v) is 4.50. The average molecular weight is 308 g/mol. The molecule has 1 unspecified atom stereocenters. The van der Waals surface area contributed by atoms with Crippen molar-refractivity contribution in [1.29, 1.82) is 0 Å². The van der Waals surface area contributed by atoms with Gasteiger partial charge < -0.3 is 4.74 Å². The molecule has 0 spiro atoms. The highest BCUT2D eigenvalue weighted by atomic mass is 16.6. The fraction of sp³-hybridized carbons (Fsp3) is 0.857. The molecule has 22 heavy (non-hydrogen) atoms.